The van der Waals surface area contributed by atoms with E-state index in [0.29, 0.717) is 5.41 Å². The summed E-state index contributed by atoms with van der Waals surface area (Å²) < 4.78 is 0. The van der Waals surface area contributed by atoms with Gasteiger partial charge in [0.15, 0.2) is 0 Å². The van der Waals surface area contributed by atoms with Crippen LogP contribution < -0.4 is 0 Å². The summed E-state index contributed by atoms with van der Waals surface area (Å²) in [7, 11) is 2.12. The molecule has 1 aromatic rings. The quantitative estimate of drug-likeness (QED) is 0.875. The Morgan fingerprint density at radius 1 is 1.11 bits per heavy atom. The van der Waals surface area contributed by atoms with Crippen LogP contribution in [0.3, 0.4) is 0 Å². The minimum atomic E-state index is -0.360. The van der Waals surface area contributed by atoms with Crippen molar-refractivity contribution in [2.45, 2.75) is 47.1 Å². The average Bonchev–Trinajstić information content (AvgIpc) is 2.22. The number of hydrogen-bond acceptors (Lipinski definition) is 2. The van der Waals surface area contributed by atoms with Crippen LogP contribution in [0.4, 0.5) is 0 Å². The molecule has 0 fully saturated rings. The first kappa shape index (κ1) is 16.2. The van der Waals surface area contributed by atoms with Crippen molar-refractivity contribution in [3.63, 3.8) is 0 Å². The Morgan fingerprint density at radius 3 is 2.11 bits per heavy atom. The van der Waals surface area contributed by atoms with E-state index >= 15 is 0 Å². The molecule has 19 heavy (non-hydrogen) atoms. The number of nitrogens with zero attached hydrogens (tertiary/aromatic N) is 1. The van der Waals surface area contributed by atoms with Gasteiger partial charge in [0, 0.05) is 13.1 Å². The summed E-state index contributed by atoms with van der Waals surface area (Å²) in [4.78, 5) is 2.30. The van der Waals surface area contributed by atoms with Crippen molar-refractivity contribution < 1.29 is 5.11 Å². The molecule has 0 saturated heterocycles. The zero-order valence-electron chi connectivity index (χ0n) is 13.3. The van der Waals surface area contributed by atoms with Crippen molar-refractivity contribution in [1.82, 2.24) is 4.90 Å². The zero-order chi connectivity index (χ0) is 14.6. The third kappa shape index (κ3) is 6.22. The highest BCUT2D eigenvalue weighted by Crippen LogP contribution is 2.21. The van der Waals surface area contributed by atoms with Gasteiger partial charge in [-0.3, -0.25) is 0 Å². The standard InChI is InChI=1S/C17H29NO/c1-13-9-14(2)11-15(10-13)16(19)7-8-18(6)12-17(3,4)5/h9-11,16,19H,7-8,12H2,1-6H3. The lowest BCUT2D eigenvalue weighted by Crippen LogP contribution is -2.30. The number of hydrogen-bond donors (Lipinski definition) is 1. The maximum atomic E-state index is 10.3. The van der Waals surface area contributed by atoms with Crippen LogP contribution in [-0.4, -0.2) is 30.1 Å². The molecule has 0 aromatic heterocycles. The third-order valence-corrected chi connectivity index (χ3v) is 3.16. The summed E-state index contributed by atoms with van der Waals surface area (Å²) >= 11 is 0. The summed E-state index contributed by atoms with van der Waals surface area (Å²) in [6, 6.07) is 6.31. The first-order valence-electron chi connectivity index (χ1n) is 7.12. The highest BCUT2D eigenvalue weighted by atomic mass is 16.3. The SMILES string of the molecule is Cc1cc(C)cc(C(O)CCN(C)CC(C)(C)C)c1. The summed E-state index contributed by atoms with van der Waals surface area (Å²) in [5.41, 5.74) is 3.79. The van der Waals surface area contributed by atoms with Crippen LogP contribution in [0.1, 0.15) is 50.0 Å². The number of aliphatic hydroxyl groups is 1. The molecule has 0 aliphatic heterocycles. The van der Waals surface area contributed by atoms with Gasteiger partial charge in [0.25, 0.3) is 0 Å². The molecule has 0 heterocycles. The highest BCUT2D eigenvalue weighted by Gasteiger charge is 2.15. The largest absolute Gasteiger partial charge is 0.388 e. The average molecular weight is 263 g/mol. The zero-order valence-corrected chi connectivity index (χ0v) is 13.3. The molecule has 1 atom stereocenters. The van der Waals surface area contributed by atoms with Gasteiger partial charge in [0.05, 0.1) is 6.10 Å². The Bertz CT molecular complexity index is 386. The predicted octanol–water partition coefficient (Wildman–Crippen LogP) is 3.70. The summed E-state index contributed by atoms with van der Waals surface area (Å²) in [6.45, 7) is 12.8. The molecule has 0 spiro atoms. The fourth-order valence-electron chi connectivity index (χ4n) is 2.60. The lowest BCUT2D eigenvalue weighted by molar-refractivity contribution is 0.137. The Kier molecular flexibility index (Phi) is 5.57. The van der Waals surface area contributed by atoms with Crippen LogP contribution in [0.25, 0.3) is 0 Å². The smallest absolute Gasteiger partial charge is 0.0802 e. The number of rotatable bonds is 5. The van der Waals surface area contributed by atoms with Crippen molar-refractivity contribution in [3.8, 4) is 0 Å². The number of aryl methyl sites for hydroxylation is 2. The van der Waals surface area contributed by atoms with Gasteiger partial charge in [0.2, 0.25) is 0 Å². The van der Waals surface area contributed by atoms with E-state index in [1.165, 1.54) is 11.1 Å². The molecule has 108 valence electrons. The predicted molar refractivity (Wildman–Crippen MR) is 82.4 cm³/mol. The third-order valence-electron chi connectivity index (χ3n) is 3.16. The van der Waals surface area contributed by atoms with Crippen LogP contribution in [0.15, 0.2) is 18.2 Å². The van der Waals surface area contributed by atoms with E-state index in [1.54, 1.807) is 0 Å². The molecular formula is C17H29NO. The Labute approximate surface area is 118 Å². The van der Waals surface area contributed by atoms with Gasteiger partial charge < -0.3 is 10.0 Å². The summed E-state index contributed by atoms with van der Waals surface area (Å²) in [5, 5.41) is 10.3. The molecular weight excluding hydrogens is 234 g/mol. The minimum absolute atomic E-state index is 0.305. The van der Waals surface area contributed by atoms with Crippen molar-refractivity contribution >= 4 is 0 Å². The van der Waals surface area contributed by atoms with Crippen LogP contribution in [0.2, 0.25) is 0 Å². The van der Waals surface area contributed by atoms with E-state index in [1.807, 2.05) is 0 Å². The monoisotopic (exact) mass is 263 g/mol. The molecule has 1 unspecified atom stereocenters. The molecule has 0 aliphatic rings. The fourth-order valence-corrected chi connectivity index (χ4v) is 2.60. The van der Waals surface area contributed by atoms with E-state index in [9.17, 15) is 5.11 Å². The number of aliphatic hydroxyl groups excluding tert-OH is 1. The van der Waals surface area contributed by atoms with Gasteiger partial charge in [-0.25, -0.2) is 0 Å². The second-order valence-electron chi connectivity index (χ2n) is 7.02. The molecule has 0 aliphatic carbocycles. The van der Waals surface area contributed by atoms with Crippen LogP contribution in [-0.2, 0) is 0 Å². The molecule has 1 rings (SSSR count). The lowest BCUT2D eigenvalue weighted by atomic mass is 9.96. The van der Waals surface area contributed by atoms with Crippen molar-refractivity contribution in [3.05, 3.63) is 34.9 Å². The van der Waals surface area contributed by atoms with Gasteiger partial charge in [0.1, 0.15) is 0 Å². The number of benzene rings is 1. The topological polar surface area (TPSA) is 23.5 Å². The van der Waals surface area contributed by atoms with E-state index in [2.05, 4.69) is 64.8 Å². The van der Waals surface area contributed by atoms with E-state index < -0.39 is 0 Å². The van der Waals surface area contributed by atoms with Crippen molar-refractivity contribution in [1.29, 1.82) is 0 Å². The summed E-state index contributed by atoms with van der Waals surface area (Å²) in [6.07, 6.45) is 0.427. The first-order chi connectivity index (χ1) is 8.67. The second-order valence-corrected chi connectivity index (χ2v) is 7.02. The molecule has 2 nitrogen and oxygen atoms in total. The van der Waals surface area contributed by atoms with Gasteiger partial charge in [-0.2, -0.15) is 0 Å². The molecule has 1 aromatic carbocycles. The Morgan fingerprint density at radius 2 is 1.63 bits per heavy atom. The van der Waals surface area contributed by atoms with E-state index in [-0.39, 0.29) is 6.10 Å². The lowest BCUT2D eigenvalue weighted by Gasteiger charge is -2.27. The molecule has 1 N–H and O–H groups in total. The summed E-state index contributed by atoms with van der Waals surface area (Å²) in [5.74, 6) is 0. The second kappa shape index (κ2) is 6.53. The van der Waals surface area contributed by atoms with Crippen LogP contribution in [0, 0.1) is 19.3 Å². The first-order valence-corrected chi connectivity index (χ1v) is 7.12. The molecule has 0 bridgehead atoms. The Balaban J connectivity index is 2.53. The fraction of sp³-hybridized carbons (Fsp3) is 0.647. The van der Waals surface area contributed by atoms with E-state index in [0.717, 1.165) is 25.1 Å². The molecule has 0 saturated carbocycles. The van der Waals surface area contributed by atoms with E-state index in [4.69, 9.17) is 0 Å². The van der Waals surface area contributed by atoms with Crippen molar-refractivity contribution in [2.75, 3.05) is 20.1 Å². The normalized spacial score (nSPS) is 13.9. The van der Waals surface area contributed by atoms with Gasteiger partial charge in [-0.05, 0) is 38.3 Å². The van der Waals surface area contributed by atoms with Gasteiger partial charge >= 0.3 is 0 Å². The maximum absolute atomic E-state index is 10.3. The van der Waals surface area contributed by atoms with Crippen molar-refractivity contribution in [2.24, 2.45) is 5.41 Å². The van der Waals surface area contributed by atoms with Crippen LogP contribution >= 0.6 is 0 Å². The molecule has 0 amide bonds. The van der Waals surface area contributed by atoms with Crippen LogP contribution in [0.5, 0.6) is 0 Å². The van der Waals surface area contributed by atoms with Gasteiger partial charge in [-0.1, -0.05) is 50.1 Å². The molecule has 0 radical (unpaired) electrons. The Hall–Kier alpha value is -0.860. The van der Waals surface area contributed by atoms with Gasteiger partial charge in [-0.15, -0.1) is 0 Å². The highest BCUT2D eigenvalue weighted by molar-refractivity contribution is 5.29. The maximum Gasteiger partial charge on any atom is 0.0802 e. The minimum Gasteiger partial charge on any atom is -0.388 e. The molecule has 2 heteroatoms.